The maximum atomic E-state index is 13.3. The van der Waals surface area contributed by atoms with E-state index in [1.54, 1.807) is 16.2 Å². The number of benzene rings is 1. The lowest BCUT2D eigenvalue weighted by atomic mass is 10.1. The fraction of sp³-hybridized carbons (Fsp3) is 0.478. The minimum absolute atomic E-state index is 0.00429. The molecule has 0 unspecified atom stereocenters. The number of hydrogen-bond acceptors (Lipinski definition) is 4. The van der Waals surface area contributed by atoms with Gasteiger partial charge >= 0.3 is 0 Å². The summed E-state index contributed by atoms with van der Waals surface area (Å²) in [6.45, 7) is 6.15. The highest BCUT2D eigenvalue weighted by Gasteiger charge is 2.27. The summed E-state index contributed by atoms with van der Waals surface area (Å²) >= 11 is 1.64. The van der Waals surface area contributed by atoms with Crippen LogP contribution >= 0.6 is 11.3 Å². The average molecular weight is 415 g/mol. The predicted molar refractivity (Wildman–Crippen MR) is 115 cm³/mol. The number of thiophene rings is 1. The summed E-state index contributed by atoms with van der Waals surface area (Å²) in [5.41, 5.74) is 1.08. The van der Waals surface area contributed by atoms with E-state index >= 15 is 0 Å². The van der Waals surface area contributed by atoms with Crippen molar-refractivity contribution in [3.8, 4) is 0 Å². The first-order valence-electron chi connectivity index (χ1n) is 10.3. The molecule has 156 valence electrons. The molecule has 6 heteroatoms. The molecule has 1 atom stereocenters. The van der Waals surface area contributed by atoms with E-state index in [2.05, 4.69) is 0 Å². The maximum Gasteiger partial charge on any atom is 0.242 e. The minimum Gasteiger partial charge on any atom is -0.376 e. The van der Waals surface area contributed by atoms with Crippen molar-refractivity contribution in [2.45, 2.75) is 45.9 Å². The second-order valence-electron chi connectivity index (χ2n) is 7.82. The van der Waals surface area contributed by atoms with Crippen molar-refractivity contribution in [2.24, 2.45) is 5.92 Å². The zero-order valence-corrected chi connectivity index (χ0v) is 18.1. The molecule has 1 aliphatic rings. The summed E-state index contributed by atoms with van der Waals surface area (Å²) in [7, 11) is 0. The van der Waals surface area contributed by atoms with Gasteiger partial charge in [-0.2, -0.15) is 0 Å². The quantitative estimate of drug-likeness (QED) is 0.624. The average Bonchev–Trinajstić information content (AvgIpc) is 3.41. The molecule has 2 heterocycles. The highest BCUT2D eigenvalue weighted by molar-refractivity contribution is 7.09. The van der Waals surface area contributed by atoms with Crippen LogP contribution in [-0.4, -0.2) is 47.4 Å². The van der Waals surface area contributed by atoms with Crippen molar-refractivity contribution in [3.63, 3.8) is 0 Å². The molecule has 0 saturated carbocycles. The van der Waals surface area contributed by atoms with Gasteiger partial charge in [-0.3, -0.25) is 9.59 Å². The summed E-state index contributed by atoms with van der Waals surface area (Å²) in [4.78, 5) is 30.7. The molecule has 1 saturated heterocycles. The maximum absolute atomic E-state index is 13.3. The first-order valence-corrected chi connectivity index (χ1v) is 11.2. The van der Waals surface area contributed by atoms with E-state index in [9.17, 15) is 9.59 Å². The molecule has 0 radical (unpaired) electrons. The fourth-order valence-electron chi connectivity index (χ4n) is 3.52. The van der Waals surface area contributed by atoms with Gasteiger partial charge in [-0.15, -0.1) is 11.3 Å². The number of rotatable bonds is 9. The van der Waals surface area contributed by atoms with Gasteiger partial charge in [-0.1, -0.05) is 50.2 Å². The summed E-state index contributed by atoms with van der Waals surface area (Å²) in [5.74, 6) is -0.178. The van der Waals surface area contributed by atoms with Crippen molar-refractivity contribution in [1.29, 1.82) is 0 Å². The van der Waals surface area contributed by atoms with E-state index in [-0.39, 0.29) is 30.4 Å². The van der Waals surface area contributed by atoms with Crippen molar-refractivity contribution in [3.05, 3.63) is 58.3 Å². The van der Waals surface area contributed by atoms with Gasteiger partial charge in [0.25, 0.3) is 0 Å². The summed E-state index contributed by atoms with van der Waals surface area (Å²) in [5, 5.41) is 2.02. The molecule has 0 N–H and O–H groups in total. The van der Waals surface area contributed by atoms with Crippen LogP contribution in [0.5, 0.6) is 0 Å². The van der Waals surface area contributed by atoms with E-state index in [1.165, 1.54) is 0 Å². The number of hydrogen-bond donors (Lipinski definition) is 0. The van der Waals surface area contributed by atoms with Gasteiger partial charge in [-0.05, 0) is 29.9 Å². The zero-order chi connectivity index (χ0) is 20.6. The number of carbonyl (C=O) groups is 2. The molecule has 5 nitrogen and oxygen atoms in total. The molecule has 29 heavy (non-hydrogen) atoms. The van der Waals surface area contributed by atoms with Gasteiger partial charge in [0.15, 0.2) is 0 Å². The third-order valence-corrected chi connectivity index (χ3v) is 5.94. The predicted octanol–water partition coefficient (Wildman–Crippen LogP) is 3.94. The minimum atomic E-state index is -0.149. The van der Waals surface area contributed by atoms with Crippen molar-refractivity contribution >= 4 is 23.2 Å². The van der Waals surface area contributed by atoms with Gasteiger partial charge < -0.3 is 14.5 Å². The molecule has 1 aromatic carbocycles. The lowest BCUT2D eigenvalue weighted by molar-refractivity contribution is -0.144. The number of amides is 2. The van der Waals surface area contributed by atoms with Gasteiger partial charge in [0.2, 0.25) is 11.8 Å². The first kappa shape index (κ1) is 21.5. The Kier molecular flexibility index (Phi) is 7.83. The van der Waals surface area contributed by atoms with E-state index in [0.29, 0.717) is 19.6 Å². The van der Waals surface area contributed by atoms with Crippen LogP contribution < -0.4 is 0 Å². The van der Waals surface area contributed by atoms with Crippen LogP contribution in [0.1, 0.15) is 37.1 Å². The number of nitrogens with zero attached hydrogens (tertiary/aromatic N) is 2. The summed E-state index contributed by atoms with van der Waals surface area (Å²) in [6.07, 6.45) is 1.99. The second kappa shape index (κ2) is 10.6. The van der Waals surface area contributed by atoms with Crippen LogP contribution in [-0.2, 0) is 27.4 Å². The standard InChI is InChI=1S/C23H30N2O3S/c1-18(2)23(27)25(15-20-10-6-12-28-20)17-22(26)24(16-21-11-7-13-29-21)14-19-8-4-3-5-9-19/h3-5,7-9,11,13,18,20H,6,10,12,14-17H2,1-2H3/t20-/m1/s1. The Bertz CT molecular complexity index is 771. The molecule has 0 aliphatic carbocycles. The van der Waals surface area contributed by atoms with E-state index in [0.717, 1.165) is 29.9 Å². The molecule has 2 aromatic rings. The van der Waals surface area contributed by atoms with Crippen LogP contribution in [0, 0.1) is 5.92 Å². The number of carbonyl (C=O) groups excluding carboxylic acids is 2. The Morgan fingerprint density at radius 3 is 2.52 bits per heavy atom. The fourth-order valence-corrected chi connectivity index (χ4v) is 4.24. The Labute approximate surface area is 177 Å². The van der Waals surface area contributed by atoms with Gasteiger partial charge in [0, 0.05) is 30.5 Å². The topological polar surface area (TPSA) is 49.9 Å². The zero-order valence-electron chi connectivity index (χ0n) is 17.3. The van der Waals surface area contributed by atoms with Crippen LogP contribution in [0.25, 0.3) is 0 Å². The first-order chi connectivity index (χ1) is 14.0. The Balaban J connectivity index is 1.73. The Morgan fingerprint density at radius 1 is 1.10 bits per heavy atom. The molecule has 0 spiro atoms. The third kappa shape index (κ3) is 6.41. The van der Waals surface area contributed by atoms with Crippen LogP contribution in [0.2, 0.25) is 0 Å². The van der Waals surface area contributed by atoms with Crippen LogP contribution in [0.4, 0.5) is 0 Å². The number of ether oxygens (including phenoxy) is 1. The lowest BCUT2D eigenvalue weighted by Crippen LogP contribution is -2.46. The van der Waals surface area contributed by atoms with E-state index in [1.807, 2.05) is 66.6 Å². The van der Waals surface area contributed by atoms with Gasteiger partial charge in [0.05, 0.1) is 19.2 Å². The normalized spacial score (nSPS) is 16.2. The molecule has 1 aromatic heterocycles. The molecule has 1 fully saturated rings. The van der Waals surface area contributed by atoms with Crippen LogP contribution in [0.3, 0.4) is 0 Å². The van der Waals surface area contributed by atoms with Crippen molar-refractivity contribution in [2.75, 3.05) is 19.7 Å². The Morgan fingerprint density at radius 2 is 1.90 bits per heavy atom. The highest BCUT2D eigenvalue weighted by atomic mass is 32.1. The largest absolute Gasteiger partial charge is 0.376 e. The molecule has 0 bridgehead atoms. The molecular weight excluding hydrogens is 384 g/mol. The lowest BCUT2D eigenvalue weighted by Gasteiger charge is -2.30. The molecule has 3 rings (SSSR count). The third-order valence-electron chi connectivity index (χ3n) is 5.08. The van der Waals surface area contributed by atoms with Gasteiger partial charge in [0.1, 0.15) is 0 Å². The molecule has 1 aliphatic heterocycles. The highest BCUT2D eigenvalue weighted by Crippen LogP contribution is 2.18. The molecular formula is C23H30N2O3S. The van der Waals surface area contributed by atoms with E-state index in [4.69, 9.17) is 4.74 Å². The van der Waals surface area contributed by atoms with Gasteiger partial charge in [-0.25, -0.2) is 0 Å². The SMILES string of the molecule is CC(C)C(=O)N(CC(=O)N(Cc1ccccc1)Cc1cccs1)C[C@H]1CCCO1. The van der Waals surface area contributed by atoms with Crippen molar-refractivity contribution < 1.29 is 14.3 Å². The van der Waals surface area contributed by atoms with E-state index < -0.39 is 0 Å². The monoisotopic (exact) mass is 414 g/mol. The second-order valence-corrected chi connectivity index (χ2v) is 8.86. The van der Waals surface area contributed by atoms with Crippen molar-refractivity contribution in [1.82, 2.24) is 9.80 Å². The summed E-state index contributed by atoms with van der Waals surface area (Å²) < 4.78 is 5.72. The summed E-state index contributed by atoms with van der Waals surface area (Å²) in [6, 6.07) is 14.0. The smallest absolute Gasteiger partial charge is 0.242 e. The molecule has 2 amide bonds. The van der Waals surface area contributed by atoms with Crippen LogP contribution in [0.15, 0.2) is 47.8 Å². The Hall–Kier alpha value is -2.18.